The van der Waals surface area contributed by atoms with Gasteiger partial charge in [-0.15, -0.1) is 30.6 Å². The number of halogens is 2. The topological polar surface area (TPSA) is 39.8 Å². The van der Waals surface area contributed by atoms with Crippen molar-refractivity contribution in [2.75, 3.05) is 0 Å². The Bertz CT molecular complexity index is 256. The van der Waals surface area contributed by atoms with Gasteiger partial charge in [-0.25, -0.2) is 0 Å². The third-order valence-corrected chi connectivity index (χ3v) is 30.7. The Morgan fingerprint density at radius 2 is 0.773 bits per heavy atom. The molecular weight excluding hydrogens is 484 g/mol. The van der Waals surface area contributed by atoms with Gasteiger partial charge in [-0.3, -0.25) is 0 Å². The van der Waals surface area contributed by atoms with Gasteiger partial charge in [0.1, 0.15) is 0 Å². The molecule has 0 aromatic heterocycles. The molecule has 1 radical (unpaired) electrons. The van der Waals surface area contributed by atoms with Gasteiger partial charge in [0.2, 0.25) is 5.55 Å². The molecule has 0 bridgehead atoms. The standard InChI is InChI=1S/C10H20.C3H9Br2Si2.2CO.Fe/c1-6-7(2)9(4)10(5)8(6)3;1-7(2,3)6(4)5;2*1-2;/h6-10H,1-5H3;1-3H3;;;. The zero-order chi connectivity index (χ0) is 18.0. The van der Waals surface area contributed by atoms with Gasteiger partial charge in [0.15, 0.2) is 0 Å². The van der Waals surface area contributed by atoms with Crippen molar-refractivity contribution in [1.82, 2.24) is 0 Å². The van der Waals surface area contributed by atoms with Crippen molar-refractivity contribution >= 4 is 43.7 Å². The summed E-state index contributed by atoms with van der Waals surface area (Å²) in [6.45, 7) is 28.0. The first-order valence-corrected chi connectivity index (χ1v) is 17.6. The fourth-order valence-electron chi connectivity index (χ4n) is 2.39. The van der Waals surface area contributed by atoms with Crippen LogP contribution in [-0.2, 0) is 26.4 Å². The van der Waals surface area contributed by atoms with Crippen molar-refractivity contribution in [3.8, 4) is 0 Å². The van der Waals surface area contributed by atoms with Crippen LogP contribution in [-0.4, -0.2) is 13.1 Å². The molecule has 0 atom stereocenters. The van der Waals surface area contributed by atoms with Crippen molar-refractivity contribution in [1.29, 1.82) is 0 Å². The minimum absolute atomic E-state index is 0. The molecule has 0 unspecified atom stereocenters. The molecule has 131 valence electrons. The van der Waals surface area contributed by atoms with E-state index in [0.717, 1.165) is 29.6 Å². The van der Waals surface area contributed by atoms with E-state index >= 15 is 0 Å². The maximum Gasteiger partial charge on any atom is 0 e. The van der Waals surface area contributed by atoms with E-state index in [1.165, 1.54) is 0 Å². The second-order valence-electron chi connectivity index (χ2n) is 6.81. The molecule has 0 saturated heterocycles. The van der Waals surface area contributed by atoms with E-state index in [2.05, 4.69) is 98.1 Å². The Kier molecular flexibility index (Phi) is 22.5. The Hall–Kier alpha value is 1.39. The molecule has 0 amide bonds. The SMILES string of the molecule is CC1C(C)C(C)C(C)C1C.C[Si](C)(C)[Si](Br)Br.[C-]#[O+].[C-]#[O+].[Fe]. The Labute approximate surface area is 166 Å². The maximum atomic E-state index is 7.50. The molecule has 2 nitrogen and oxygen atoms in total. The number of rotatable bonds is 1. The molecule has 1 fully saturated rings. The Morgan fingerprint density at radius 1 is 0.682 bits per heavy atom. The average Bonchev–Trinajstić information content (AvgIpc) is 2.61. The van der Waals surface area contributed by atoms with Crippen LogP contribution in [0.3, 0.4) is 0 Å². The fraction of sp³-hybridized carbons (Fsp3) is 0.867. The Balaban J connectivity index is -0.000000120. The van der Waals surface area contributed by atoms with Crippen molar-refractivity contribution in [2.24, 2.45) is 29.6 Å². The van der Waals surface area contributed by atoms with Gasteiger partial charge in [0.05, 0.1) is 7.59 Å². The first kappa shape index (κ1) is 31.2. The molecule has 1 saturated carbocycles. The molecule has 0 aliphatic heterocycles. The summed E-state index contributed by atoms with van der Waals surface area (Å²) >= 11 is 7.15. The number of hydrogen-bond donors (Lipinski definition) is 0. The molecule has 1 aliphatic carbocycles. The molecule has 0 heterocycles. The monoisotopic (exact) mass is 511 g/mol. The predicted molar refractivity (Wildman–Crippen MR) is 101 cm³/mol. The van der Waals surface area contributed by atoms with Gasteiger partial charge < -0.3 is 0 Å². The van der Waals surface area contributed by atoms with Crippen molar-refractivity contribution in [3.05, 3.63) is 13.3 Å². The Morgan fingerprint density at radius 3 is 0.818 bits per heavy atom. The summed E-state index contributed by atoms with van der Waals surface area (Å²) in [7, 11) is -0.799. The van der Waals surface area contributed by atoms with Crippen LogP contribution in [0.5, 0.6) is 0 Å². The van der Waals surface area contributed by atoms with Gasteiger partial charge in [-0.05, 0) is 29.6 Å². The molecule has 22 heavy (non-hydrogen) atoms. The summed E-state index contributed by atoms with van der Waals surface area (Å²) in [6.07, 6.45) is 0. The van der Waals surface area contributed by atoms with E-state index in [9.17, 15) is 0 Å². The quantitative estimate of drug-likeness (QED) is 0.185. The van der Waals surface area contributed by atoms with Crippen molar-refractivity contribution in [2.45, 2.75) is 54.3 Å². The molecule has 0 aromatic rings. The summed E-state index contributed by atoms with van der Waals surface area (Å²) < 4.78 is 15.0. The van der Waals surface area contributed by atoms with Crippen molar-refractivity contribution in [3.63, 3.8) is 0 Å². The van der Waals surface area contributed by atoms with Crippen LogP contribution in [0, 0.1) is 42.9 Å². The van der Waals surface area contributed by atoms with E-state index in [4.69, 9.17) is 9.30 Å². The van der Waals surface area contributed by atoms with Gasteiger partial charge >= 0.3 is 22.6 Å². The summed E-state index contributed by atoms with van der Waals surface area (Å²) in [5.74, 6) is 4.68. The van der Waals surface area contributed by atoms with Crippen LogP contribution in [0.4, 0.5) is 0 Å². The minimum Gasteiger partial charge on any atom is 0 e. The second-order valence-corrected chi connectivity index (χ2v) is 30.2. The number of hydrogen-bond acceptors (Lipinski definition) is 0. The molecular formula is C15H29Br2FeO2Si2. The zero-order valence-electron chi connectivity index (χ0n) is 14.8. The van der Waals surface area contributed by atoms with E-state index < -0.39 is 7.59 Å². The van der Waals surface area contributed by atoms with Crippen LogP contribution in [0.2, 0.25) is 19.6 Å². The summed E-state index contributed by atoms with van der Waals surface area (Å²) in [5, 5.41) is 0. The zero-order valence-corrected chi connectivity index (χ0v) is 21.1. The third kappa shape index (κ3) is 11.9. The van der Waals surface area contributed by atoms with E-state index in [1.807, 2.05) is 0 Å². The predicted octanol–water partition coefficient (Wildman–Crippen LogP) is 5.78. The molecule has 1 aliphatic rings. The van der Waals surface area contributed by atoms with Gasteiger partial charge in [-0.2, -0.15) is 0 Å². The summed E-state index contributed by atoms with van der Waals surface area (Å²) in [4.78, 5) is 0. The largest absolute Gasteiger partial charge is 0 e. The summed E-state index contributed by atoms with van der Waals surface area (Å²) in [5.41, 5.74) is -0.286. The van der Waals surface area contributed by atoms with Gasteiger partial charge in [0.25, 0.3) is 0 Å². The van der Waals surface area contributed by atoms with Gasteiger partial charge in [-0.1, -0.05) is 54.3 Å². The molecule has 7 heteroatoms. The fourth-order valence-corrected chi connectivity index (χ4v) is 2.39. The van der Waals surface area contributed by atoms with Crippen LogP contribution < -0.4 is 0 Å². The first-order valence-electron chi connectivity index (χ1n) is 7.09. The van der Waals surface area contributed by atoms with Crippen LogP contribution in [0.15, 0.2) is 0 Å². The van der Waals surface area contributed by atoms with E-state index in [-0.39, 0.29) is 22.6 Å². The summed E-state index contributed by atoms with van der Waals surface area (Å²) in [6, 6.07) is 0. The maximum absolute atomic E-state index is 7.50. The minimum atomic E-state index is -0.799. The average molecular weight is 513 g/mol. The van der Waals surface area contributed by atoms with Crippen LogP contribution in [0.25, 0.3) is 0 Å². The normalized spacial score (nSPS) is 29.5. The van der Waals surface area contributed by atoms with E-state index in [1.54, 1.807) is 0 Å². The second kappa shape index (κ2) is 15.9. The molecule has 0 N–H and O–H groups in total. The first-order chi connectivity index (χ1) is 9.50. The van der Waals surface area contributed by atoms with Gasteiger partial charge in [0, 0.05) is 17.1 Å². The molecule has 1 rings (SSSR count). The van der Waals surface area contributed by atoms with Crippen LogP contribution in [0.1, 0.15) is 34.6 Å². The molecule has 0 aromatic carbocycles. The smallest absolute Gasteiger partial charge is 0 e. The molecule has 0 spiro atoms. The van der Waals surface area contributed by atoms with Crippen LogP contribution >= 0.6 is 30.6 Å². The van der Waals surface area contributed by atoms with E-state index in [0.29, 0.717) is 0 Å². The third-order valence-electron chi connectivity index (χ3n) is 4.71. The van der Waals surface area contributed by atoms with Crippen molar-refractivity contribution < 1.29 is 26.4 Å².